The monoisotopic (exact) mass is 468 g/mol. The van der Waals surface area contributed by atoms with Gasteiger partial charge >= 0.3 is 0 Å². The molecular formula is C21H16N4O3S3. The highest BCUT2D eigenvalue weighted by molar-refractivity contribution is 7.99. The number of hydrogen-bond acceptors (Lipinski definition) is 8. The van der Waals surface area contributed by atoms with Crippen molar-refractivity contribution in [3.05, 3.63) is 62.8 Å². The Bertz CT molecular complexity index is 1420. The summed E-state index contributed by atoms with van der Waals surface area (Å²) in [6.45, 7) is 0. The number of hydrogen-bond donors (Lipinski definition) is 0. The minimum absolute atomic E-state index is 0.140. The fourth-order valence-corrected chi connectivity index (χ4v) is 5.09. The summed E-state index contributed by atoms with van der Waals surface area (Å²) in [5.74, 6) is 1.17. The Morgan fingerprint density at radius 1 is 1.10 bits per heavy atom. The summed E-state index contributed by atoms with van der Waals surface area (Å²) in [6, 6.07) is 16.8. The van der Waals surface area contributed by atoms with Gasteiger partial charge in [-0.1, -0.05) is 41.3 Å². The lowest BCUT2D eigenvalue weighted by molar-refractivity contribution is 0.354. The van der Waals surface area contributed by atoms with Crippen LogP contribution in [-0.4, -0.2) is 34.1 Å². The second-order valence-corrected chi connectivity index (χ2v) is 8.80. The van der Waals surface area contributed by atoms with Crippen molar-refractivity contribution >= 4 is 45.7 Å². The molecule has 4 rings (SSSR count). The van der Waals surface area contributed by atoms with Gasteiger partial charge in [-0.2, -0.15) is 5.26 Å². The van der Waals surface area contributed by atoms with Crippen LogP contribution >= 0.6 is 35.3 Å². The lowest BCUT2D eigenvalue weighted by atomic mass is 10.2. The fourth-order valence-electron chi connectivity index (χ4n) is 3.13. The van der Waals surface area contributed by atoms with E-state index in [2.05, 4.69) is 6.07 Å². The van der Waals surface area contributed by atoms with Crippen molar-refractivity contribution in [2.45, 2.75) is 5.16 Å². The summed E-state index contributed by atoms with van der Waals surface area (Å²) < 4.78 is 14.9. The van der Waals surface area contributed by atoms with Gasteiger partial charge in [-0.25, -0.2) is 4.98 Å². The molecule has 0 radical (unpaired) electrons. The zero-order valence-corrected chi connectivity index (χ0v) is 19.0. The molecule has 0 amide bonds. The lowest BCUT2D eigenvalue weighted by Gasteiger charge is -2.14. The summed E-state index contributed by atoms with van der Waals surface area (Å²) in [7, 11) is 3.08. The highest BCUT2D eigenvalue weighted by Gasteiger charge is 2.20. The molecule has 156 valence electrons. The molecule has 0 aliphatic heterocycles. The molecule has 7 nitrogen and oxygen atoms in total. The zero-order valence-electron chi connectivity index (χ0n) is 16.6. The van der Waals surface area contributed by atoms with Gasteiger partial charge in [0.2, 0.25) is 0 Å². The molecule has 31 heavy (non-hydrogen) atoms. The van der Waals surface area contributed by atoms with Gasteiger partial charge in [-0.15, -0.1) is 0 Å². The minimum Gasteiger partial charge on any atom is -0.493 e. The average molecular weight is 469 g/mol. The molecule has 0 aliphatic rings. The van der Waals surface area contributed by atoms with Crippen molar-refractivity contribution in [1.29, 1.82) is 5.26 Å². The first-order valence-electron chi connectivity index (χ1n) is 9.05. The van der Waals surface area contributed by atoms with Crippen LogP contribution in [0.1, 0.15) is 0 Å². The van der Waals surface area contributed by atoms with Crippen molar-refractivity contribution in [1.82, 2.24) is 14.1 Å². The van der Waals surface area contributed by atoms with Crippen molar-refractivity contribution in [2.24, 2.45) is 0 Å². The number of thioether (sulfide) groups is 1. The van der Waals surface area contributed by atoms with Gasteiger partial charge in [0.05, 0.1) is 31.7 Å². The third-order valence-corrected chi connectivity index (χ3v) is 6.64. The van der Waals surface area contributed by atoms with E-state index in [-0.39, 0.29) is 11.3 Å². The quantitative estimate of drug-likeness (QED) is 0.232. The van der Waals surface area contributed by atoms with Crippen molar-refractivity contribution < 1.29 is 9.47 Å². The van der Waals surface area contributed by atoms with E-state index in [4.69, 9.17) is 31.9 Å². The van der Waals surface area contributed by atoms with Crippen LogP contribution in [0.25, 0.3) is 21.7 Å². The van der Waals surface area contributed by atoms with E-state index in [0.29, 0.717) is 36.6 Å². The number of nitriles is 1. The van der Waals surface area contributed by atoms with E-state index in [1.165, 1.54) is 34.8 Å². The molecule has 0 aliphatic carbocycles. The fraction of sp³-hybridized carbons (Fsp3) is 0.143. The third-order valence-electron chi connectivity index (χ3n) is 4.48. The number of aromatic nitrogens is 3. The molecule has 0 fully saturated rings. The number of rotatable bonds is 6. The predicted octanol–water partition coefficient (Wildman–Crippen LogP) is 4.60. The van der Waals surface area contributed by atoms with Crippen molar-refractivity contribution in [3.63, 3.8) is 0 Å². The summed E-state index contributed by atoms with van der Waals surface area (Å²) in [6.07, 6.45) is 0. The number of nitrogens with zero attached hydrogens (tertiary/aromatic N) is 4. The maximum Gasteiger partial charge on any atom is 0.278 e. The Labute approximate surface area is 191 Å². The van der Waals surface area contributed by atoms with Gasteiger partial charge in [0.15, 0.2) is 26.3 Å². The first kappa shape index (κ1) is 21.1. The lowest BCUT2D eigenvalue weighted by Crippen LogP contribution is -2.21. The topological polar surface area (TPSA) is 82.1 Å². The van der Waals surface area contributed by atoms with Crippen LogP contribution in [0.3, 0.4) is 0 Å². The molecule has 0 N–H and O–H groups in total. The SMILES string of the molecule is COc1ccc(-n2c(SCC#N)nc3c(sc(=S)n3-c3ccccc3)c2=O)cc1OC. The largest absolute Gasteiger partial charge is 0.493 e. The summed E-state index contributed by atoms with van der Waals surface area (Å²) in [5.41, 5.74) is 1.60. The molecule has 0 saturated carbocycles. The maximum absolute atomic E-state index is 13.6. The van der Waals surface area contributed by atoms with Gasteiger partial charge in [-0.3, -0.25) is 13.9 Å². The molecule has 4 aromatic rings. The Morgan fingerprint density at radius 3 is 2.52 bits per heavy atom. The summed E-state index contributed by atoms with van der Waals surface area (Å²) >= 11 is 7.95. The smallest absolute Gasteiger partial charge is 0.278 e. The van der Waals surface area contributed by atoms with Gasteiger partial charge in [0.25, 0.3) is 5.56 Å². The second-order valence-electron chi connectivity index (χ2n) is 6.21. The number of thiazole rings is 1. The van der Waals surface area contributed by atoms with Gasteiger partial charge in [-0.05, 0) is 36.5 Å². The Hall–Kier alpha value is -3.13. The van der Waals surface area contributed by atoms with E-state index in [1.54, 1.807) is 29.9 Å². The maximum atomic E-state index is 13.6. The predicted molar refractivity (Wildman–Crippen MR) is 125 cm³/mol. The van der Waals surface area contributed by atoms with Crippen molar-refractivity contribution in [3.8, 4) is 28.9 Å². The molecule has 2 heterocycles. The Balaban J connectivity index is 2.03. The first-order valence-corrected chi connectivity index (χ1v) is 11.3. The number of methoxy groups -OCH3 is 2. The molecule has 0 atom stereocenters. The minimum atomic E-state index is -0.261. The normalized spacial score (nSPS) is 10.7. The van der Waals surface area contributed by atoms with E-state index in [9.17, 15) is 4.79 Å². The van der Waals surface area contributed by atoms with E-state index in [0.717, 1.165) is 5.69 Å². The Kier molecular flexibility index (Phi) is 6.08. The Morgan fingerprint density at radius 2 is 1.84 bits per heavy atom. The van der Waals surface area contributed by atoms with Gasteiger partial charge < -0.3 is 9.47 Å². The highest BCUT2D eigenvalue weighted by atomic mass is 32.2. The molecule has 2 aromatic heterocycles. The van der Waals surface area contributed by atoms with E-state index in [1.807, 2.05) is 30.3 Å². The van der Waals surface area contributed by atoms with Crippen LogP contribution in [0.4, 0.5) is 0 Å². The average Bonchev–Trinajstić information content (AvgIpc) is 3.14. The van der Waals surface area contributed by atoms with Crippen LogP contribution in [0.15, 0.2) is 58.5 Å². The van der Waals surface area contributed by atoms with Gasteiger partial charge in [0.1, 0.15) is 4.70 Å². The molecule has 0 saturated heterocycles. The number of benzene rings is 2. The third kappa shape index (κ3) is 3.83. The molecular weight excluding hydrogens is 452 g/mol. The first-order chi connectivity index (χ1) is 15.1. The second kappa shape index (κ2) is 8.93. The number of fused-ring (bicyclic) bond motifs is 1. The number of ether oxygens (including phenoxy) is 2. The van der Waals surface area contributed by atoms with Crippen molar-refractivity contribution in [2.75, 3.05) is 20.0 Å². The molecule has 0 unspecified atom stereocenters. The van der Waals surface area contributed by atoms with E-state index < -0.39 is 0 Å². The van der Waals surface area contributed by atoms with E-state index >= 15 is 0 Å². The number of para-hydroxylation sites is 1. The molecule has 2 aromatic carbocycles. The van der Waals surface area contributed by atoms with Crippen LogP contribution in [0.2, 0.25) is 0 Å². The summed E-state index contributed by atoms with van der Waals surface area (Å²) in [4.78, 5) is 18.3. The zero-order chi connectivity index (χ0) is 22.0. The molecule has 0 spiro atoms. The van der Waals surface area contributed by atoms with Gasteiger partial charge in [0, 0.05) is 11.8 Å². The molecule has 10 heteroatoms. The standard InChI is InChI=1S/C21H16N4O3S3/c1-27-15-9-8-14(12-16(15)28-2)25-19(26)17-18(23-20(25)30-11-10-22)24(21(29)31-17)13-6-4-3-5-7-13/h3-9,12H,11H2,1-2H3. The summed E-state index contributed by atoms with van der Waals surface area (Å²) in [5, 5.41) is 9.51. The highest BCUT2D eigenvalue weighted by Crippen LogP contribution is 2.32. The van der Waals surface area contributed by atoms with Crippen LogP contribution in [0, 0.1) is 15.3 Å². The van der Waals surface area contributed by atoms with Crippen LogP contribution in [-0.2, 0) is 0 Å². The van der Waals surface area contributed by atoms with Crippen LogP contribution < -0.4 is 15.0 Å². The molecule has 0 bridgehead atoms. The van der Waals surface area contributed by atoms with Crippen LogP contribution in [0.5, 0.6) is 11.5 Å².